The summed E-state index contributed by atoms with van der Waals surface area (Å²) in [6, 6.07) is 21.5. The summed E-state index contributed by atoms with van der Waals surface area (Å²) in [6.45, 7) is 3.65. The smallest absolute Gasteiger partial charge is 0.264 e. The number of aryl methyl sites for hydroxylation is 1. The highest BCUT2D eigenvalue weighted by atomic mass is 32.2. The van der Waals surface area contributed by atoms with Gasteiger partial charge in [-0.3, -0.25) is 9.78 Å². The van der Waals surface area contributed by atoms with E-state index in [4.69, 9.17) is 8.94 Å². The Balaban J connectivity index is 1.37. The lowest BCUT2D eigenvalue weighted by Gasteiger charge is -2.21. The lowest BCUT2D eigenvalue weighted by atomic mass is 9.97. The molecular formula is C32H27N5O5S2. The molecule has 0 aliphatic heterocycles. The number of aromatic nitrogens is 3. The second-order valence-corrected chi connectivity index (χ2v) is 12.8. The Labute approximate surface area is 258 Å². The number of amides is 1. The second kappa shape index (κ2) is 11.9. The van der Waals surface area contributed by atoms with Crippen LogP contribution in [-0.2, 0) is 16.6 Å². The zero-order valence-electron chi connectivity index (χ0n) is 24.0. The lowest BCUT2D eigenvalue weighted by Crippen LogP contribution is -2.25. The molecule has 0 atom stereocenters. The molecule has 10 nitrogen and oxygen atoms in total. The zero-order chi connectivity index (χ0) is 30.8. The van der Waals surface area contributed by atoms with Crippen molar-refractivity contribution in [2.75, 3.05) is 11.8 Å². The largest absolute Gasteiger partial charge is 0.445 e. The van der Waals surface area contributed by atoms with Crippen LogP contribution < -0.4 is 4.72 Å². The predicted molar refractivity (Wildman–Crippen MR) is 168 cm³/mol. The Kier molecular flexibility index (Phi) is 7.85. The predicted octanol–water partition coefficient (Wildman–Crippen LogP) is 6.81. The van der Waals surface area contributed by atoms with E-state index in [9.17, 15) is 13.2 Å². The first-order chi connectivity index (χ1) is 21.2. The summed E-state index contributed by atoms with van der Waals surface area (Å²) in [7, 11) is -2.37. The molecule has 0 spiro atoms. The van der Waals surface area contributed by atoms with Gasteiger partial charge in [-0.1, -0.05) is 35.5 Å². The first-order valence-corrected chi connectivity index (χ1v) is 15.9. The van der Waals surface area contributed by atoms with Crippen molar-refractivity contribution in [2.45, 2.75) is 25.3 Å². The van der Waals surface area contributed by atoms with E-state index in [1.807, 2.05) is 42.5 Å². The molecule has 0 bridgehead atoms. The Morgan fingerprint density at radius 3 is 2.50 bits per heavy atom. The molecule has 0 fully saturated rings. The van der Waals surface area contributed by atoms with Crippen molar-refractivity contribution in [1.29, 1.82) is 0 Å². The Morgan fingerprint density at radius 1 is 0.955 bits per heavy atom. The number of pyridine rings is 1. The molecule has 0 unspecified atom stereocenters. The van der Waals surface area contributed by atoms with Crippen LogP contribution in [0.25, 0.3) is 33.2 Å². The molecule has 6 aromatic rings. The number of thiophene rings is 1. The van der Waals surface area contributed by atoms with Crippen molar-refractivity contribution in [3.63, 3.8) is 0 Å². The molecule has 0 radical (unpaired) electrons. The van der Waals surface area contributed by atoms with Crippen molar-refractivity contribution in [3.8, 4) is 33.2 Å². The second-order valence-electron chi connectivity index (χ2n) is 10.1. The standard InChI is InChI=1S/C32H27N5O5S2/c1-20-21(2)35-42-30(20)36-44(39,40)29-10-5-4-8-25(29)24-12-11-22(31-34-16-17-41-31)18-23(24)19-37(3)32(38)28-14-13-27(43-28)26-9-6-7-15-33-26/h4-18,36H,19H2,1-3H3. The lowest BCUT2D eigenvalue weighted by molar-refractivity contribution is 0.0790. The third-order valence-electron chi connectivity index (χ3n) is 7.12. The quantitative estimate of drug-likeness (QED) is 0.185. The number of sulfonamides is 1. The molecule has 0 saturated carbocycles. The Morgan fingerprint density at radius 2 is 1.77 bits per heavy atom. The number of benzene rings is 2. The van der Waals surface area contributed by atoms with E-state index >= 15 is 0 Å². The summed E-state index contributed by atoms with van der Waals surface area (Å²) in [4.78, 5) is 25.3. The highest BCUT2D eigenvalue weighted by Crippen LogP contribution is 2.35. The molecule has 2 aromatic carbocycles. The first-order valence-electron chi connectivity index (χ1n) is 13.6. The van der Waals surface area contributed by atoms with E-state index in [1.165, 1.54) is 23.7 Å². The van der Waals surface area contributed by atoms with E-state index in [2.05, 4.69) is 19.8 Å². The van der Waals surface area contributed by atoms with Crippen LogP contribution >= 0.6 is 11.3 Å². The van der Waals surface area contributed by atoms with Crippen molar-refractivity contribution in [2.24, 2.45) is 0 Å². The van der Waals surface area contributed by atoms with Crippen LogP contribution in [-0.4, -0.2) is 41.4 Å². The maximum Gasteiger partial charge on any atom is 0.264 e. The normalized spacial score (nSPS) is 11.4. The van der Waals surface area contributed by atoms with Crippen molar-refractivity contribution < 1.29 is 22.2 Å². The Bertz CT molecular complexity index is 2050. The number of nitrogens with zero attached hydrogens (tertiary/aromatic N) is 4. The fourth-order valence-corrected chi connectivity index (χ4v) is 6.96. The Hall–Kier alpha value is -5.07. The number of rotatable bonds is 9. The monoisotopic (exact) mass is 625 g/mol. The number of hydrogen-bond acceptors (Lipinski definition) is 9. The molecule has 6 rings (SSSR count). The van der Waals surface area contributed by atoms with E-state index < -0.39 is 10.0 Å². The molecule has 0 saturated heterocycles. The SMILES string of the molecule is Cc1noc(NS(=O)(=O)c2ccccc2-c2ccc(-c3ncco3)cc2CN(C)C(=O)c2ccc(-c3ccccn3)s2)c1C. The van der Waals surface area contributed by atoms with Crippen LogP contribution in [0.5, 0.6) is 0 Å². The molecule has 44 heavy (non-hydrogen) atoms. The number of carbonyl (C=O) groups excluding carboxylic acids is 1. The fraction of sp³-hybridized carbons (Fsp3) is 0.125. The third-order valence-corrected chi connectivity index (χ3v) is 9.61. The van der Waals surface area contributed by atoms with Crippen LogP contribution in [0.15, 0.2) is 105 Å². The van der Waals surface area contributed by atoms with Crippen LogP contribution in [0.1, 0.15) is 26.5 Å². The summed E-state index contributed by atoms with van der Waals surface area (Å²) in [6.07, 6.45) is 4.75. The number of nitrogens with one attached hydrogen (secondary N) is 1. The van der Waals surface area contributed by atoms with Gasteiger partial charge in [0.2, 0.25) is 11.8 Å². The van der Waals surface area contributed by atoms with E-state index in [-0.39, 0.29) is 23.2 Å². The highest BCUT2D eigenvalue weighted by molar-refractivity contribution is 7.92. The fourth-order valence-electron chi connectivity index (χ4n) is 4.71. The number of hydrogen-bond donors (Lipinski definition) is 1. The third kappa shape index (κ3) is 5.77. The van der Waals surface area contributed by atoms with Crippen molar-refractivity contribution in [1.82, 2.24) is 20.0 Å². The van der Waals surface area contributed by atoms with Gasteiger partial charge in [-0.05, 0) is 67.4 Å². The van der Waals surface area contributed by atoms with Gasteiger partial charge in [-0.25, -0.2) is 18.1 Å². The van der Waals surface area contributed by atoms with Gasteiger partial charge in [0.25, 0.3) is 15.9 Å². The van der Waals surface area contributed by atoms with Gasteiger partial charge < -0.3 is 13.8 Å². The number of oxazole rings is 1. The molecule has 4 heterocycles. The minimum Gasteiger partial charge on any atom is -0.445 e. The molecule has 0 aliphatic carbocycles. The van der Waals surface area contributed by atoms with E-state index in [0.717, 1.165) is 10.6 Å². The average molecular weight is 626 g/mol. The number of carbonyl (C=O) groups is 1. The van der Waals surface area contributed by atoms with Gasteiger partial charge >= 0.3 is 0 Å². The maximum atomic E-state index is 13.7. The molecule has 4 aromatic heterocycles. The minimum absolute atomic E-state index is 0.0471. The van der Waals surface area contributed by atoms with Gasteiger partial charge in [0.15, 0.2) is 0 Å². The average Bonchev–Trinajstić information content (AvgIpc) is 3.81. The van der Waals surface area contributed by atoms with Crippen LogP contribution in [0.2, 0.25) is 0 Å². The molecular weight excluding hydrogens is 599 g/mol. The highest BCUT2D eigenvalue weighted by Gasteiger charge is 2.25. The summed E-state index contributed by atoms with van der Waals surface area (Å²) in [5.41, 5.74) is 4.46. The van der Waals surface area contributed by atoms with Gasteiger partial charge in [0.1, 0.15) is 6.26 Å². The first kappa shape index (κ1) is 29.0. The van der Waals surface area contributed by atoms with Gasteiger partial charge in [0, 0.05) is 36.5 Å². The minimum atomic E-state index is -4.08. The van der Waals surface area contributed by atoms with Crippen LogP contribution in [0.3, 0.4) is 0 Å². The number of anilines is 1. The van der Waals surface area contributed by atoms with E-state index in [0.29, 0.717) is 44.3 Å². The van der Waals surface area contributed by atoms with E-state index in [1.54, 1.807) is 62.5 Å². The van der Waals surface area contributed by atoms with Crippen LogP contribution in [0.4, 0.5) is 5.88 Å². The molecule has 0 aliphatic rings. The maximum absolute atomic E-state index is 13.7. The molecule has 1 amide bonds. The van der Waals surface area contributed by atoms with Gasteiger partial charge in [-0.2, -0.15) is 0 Å². The van der Waals surface area contributed by atoms with Gasteiger partial charge in [0.05, 0.1) is 32.2 Å². The topological polar surface area (TPSA) is 131 Å². The summed E-state index contributed by atoms with van der Waals surface area (Å²) in [5.74, 6) is 0.287. The van der Waals surface area contributed by atoms with Crippen LogP contribution in [0, 0.1) is 13.8 Å². The summed E-state index contributed by atoms with van der Waals surface area (Å²) in [5, 5.41) is 3.86. The molecule has 222 valence electrons. The van der Waals surface area contributed by atoms with Gasteiger partial charge in [-0.15, -0.1) is 11.3 Å². The van der Waals surface area contributed by atoms with Crippen molar-refractivity contribution in [3.05, 3.63) is 113 Å². The van der Waals surface area contributed by atoms with Crippen molar-refractivity contribution >= 4 is 33.2 Å². The summed E-state index contributed by atoms with van der Waals surface area (Å²) < 4.78 is 40.6. The zero-order valence-corrected chi connectivity index (χ0v) is 25.6. The summed E-state index contributed by atoms with van der Waals surface area (Å²) >= 11 is 1.36. The molecule has 12 heteroatoms. The molecule has 1 N–H and O–H groups in total.